The van der Waals surface area contributed by atoms with E-state index in [-0.39, 0.29) is 11.3 Å². The Morgan fingerprint density at radius 1 is 1.30 bits per heavy atom. The van der Waals surface area contributed by atoms with Crippen LogP contribution < -0.4 is 5.32 Å². The number of carbonyl (C=O) groups is 1. The van der Waals surface area contributed by atoms with Gasteiger partial charge in [-0.3, -0.25) is 4.79 Å². The maximum absolute atomic E-state index is 12.1. The molecule has 0 unspecified atom stereocenters. The van der Waals surface area contributed by atoms with Gasteiger partial charge in [0.25, 0.3) is 5.91 Å². The van der Waals surface area contributed by atoms with Crippen LogP contribution in [-0.4, -0.2) is 12.5 Å². The molecule has 1 saturated carbocycles. The number of hydrogen-bond acceptors (Lipinski definition) is 2. The highest BCUT2D eigenvalue weighted by Gasteiger charge is 2.44. The highest BCUT2D eigenvalue weighted by Crippen LogP contribution is 2.47. The average molecular weight is 371 g/mol. The second kappa shape index (κ2) is 5.51. The first-order valence-corrected chi connectivity index (χ1v) is 8.43. The van der Waals surface area contributed by atoms with Crippen molar-refractivity contribution in [2.24, 2.45) is 0 Å². The van der Waals surface area contributed by atoms with Crippen LogP contribution >= 0.6 is 38.9 Å². The topological polar surface area (TPSA) is 29.1 Å². The van der Waals surface area contributed by atoms with Crippen molar-refractivity contribution in [3.8, 4) is 0 Å². The van der Waals surface area contributed by atoms with E-state index in [9.17, 15) is 4.79 Å². The summed E-state index contributed by atoms with van der Waals surface area (Å²) in [5.74, 6) is -0.00730. The zero-order valence-electron chi connectivity index (χ0n) is 10.7. The molecule has 104 valence electrons. The molecule has 0 atom stereocenters. The molecule has 1 aliphatic rings. The van der Waals surface area contributed by atoms with Crippen molar-refractivity contribution in [2.45, 2.75) is 18.3 Å². The smallest absolute Gasteiger partial charge is 0.262 e. The Morgan fingerprint density at radius 3 is 2.55 bits per heavy atom. The fourth-order valence-corrected chi connectivity index (χ4v) is 3.90. The van der Waals surface area contributed by atoms with Crippen molar-refractivity contribution in [2.75, 3.05) is 6.54 Å². The lowest BCUT2D eigenvalue weighted by Gasteiger charge is -2.16. The molecule has 1 fully saturated rings. The van der Waals surface area contributed by atoms with E-state index in [1.807, 2.05) is 23.6 Å². The van der Waals surface area contributed by atoms with Crippen LogP contribution in [0, 0.1) is 0 Å². The third-order valence-electron chi connectivity index (χ3n) is 3.72. The predicted octanol–water partition coefficient (Wildman–Crippen LogP) is 4.63. The molecule has 1 aromatic heterocycles. The van der Waals surface area contributed by atoms with E-state index in [4.69, 9.17) is 11.6 Å². The Balaban J connectivity index is 1.68. The molecule has 1 N–H and O–H groups in total. The Kier molecular flexibility index (Phi) is 3.89. The molecule has 1 aliphatic carbocycles. The zero-order chi connectivity index (χ0) is 14.2. The molecular formula is C15H13BrClNOS. The fourth-order valence-electron chi connectivity index (χ4n) is 2.31. The summed E-state index contributed by atoms with van der Waals surface area (Å²) < 4.78 is 0.858. The van der Waals surface area contributed by atoms with Crippen LogP contribution in [0.1, 0.15) is 28.1 Å². The van der Waals surface area contributed by atoms with Gasteiger partial charge in [-0.15, -0.1) is 11.3 Å². The van der Waals surface area contributed by atoms with Crippen molar-refractivity contribution in [3.63, 3.8) is 0 Å². The number of thiophene rings is 1. The van der Waals surface area contributed by atoms with Crippen LogP contribution in [0.15, 0.2) is 40.2 Å². The molecule has 3 rings (SSSR count). The van der Waals surface area contributed by atoms with Crippen molar-refractivity contribution in [1.82, 2.24) is 5.32 Å². The second-order valence-electron chi connectivity index (χ2n) is 5.07. The van der Waals surface area contributed by atoms with Crippen molar-refractivity contribution in [1.29, 1.82) is 0 Å². The molecule has 5 heteroatoms. The molecule has 0 aliphatic heterocycles. The normalized spacial score (nSPS) is 15.9. The minimum absolute atomic E-state index is 0.00730. The summed E-state index contributed by atoms with van der Waals surface area (Å²) in [5, 5.41) is 5.70. The number of benzene rings is 1. The minimum Gasteiger partial charge on any atom is -0.350 e. The number of hydrogen-bond donors (Lipinski definition) is 1. The van der Waals surface area contributed by atoms with Crippen molar-refractivity contribution in [3.05, 3.63) is 55.6 Å². The zero-order valence-corrected chi connectivity index (χ0v) is 13.8. The lowest BCUT2D eigenvalue weighted by Crippen LogP contribution is -2.31. The second-order valence-corrected chi connectivity index (χ2v) is 7.27. The highest BCUT2D eigenvalue weighted by atomic mass is 79.9. The van der Waals surface area contributed by atoms with Gasteiger partial charge in [0.15, 0.2) is 0 Å². The summed E-state index contributed by atoms with van der Waals surface area (Å²) in [5.41, 5.74) is 1.36. The summed E-state index contributed by atoms with van der Waals surface area (Å²) in [4.78, 5) is 12.9. The third kappa shape index (κ3) is 2.78. The average Bonchev–Trinajstić information content (AvgIpc) is 3.11. The van der Waals surface area contributed by atoms with Gasteiger partial charge in [0.05, 0.1) is 0 Å². The fraction of sp³-hybridized carbons (Fsp3) is 0.267. The van der Waals surface area contributed by atoms with Gasteiger partial charge < -0.3 is 5.32 Å². The van der Waals surface area contributed by atoms with Crippen LogP contribution in [0.2, 0.25) is 5.02 Å². The first-order chi connectivity index (χ1) is 9.61. The minimum atomic E-state index is -0.00730. The SMILES string of the molecule is O=C(NCC1(c2ccc(Cl)cc2)CC1)c1sccc1Br. The largest absolute Gasteiger partial charge is 0.350 e. The van der Waals surface area contributed by atoms with Gasteiger partial charge in [0, 0.05) is 21.5 Å². The number of rotatable bonds is 4. The molecule has 2 nitrogen and oxygen atoms in total. The number of nitrogens with one attached hydrogen (secondary N) is 1. The molecule has 20 heavy (non-hydrogen) atoms. The lowest BCUT2D eigenvalue weighted by molar-refractivity contribution is 0.0953. The Hall–Kier alpha value is -0.840. The van der Waals surface area contributed by atoms with Crippen molar-refractivity contribution >= 4 is 44.8 Å². The molecule has 0 spiro atoms. The van der Waals surface area contributed by atoms with Crippen molar-refractivity contribution < 1.29 is 4.79 Å². The molecular weight excluding hydrogens is 358 g/mol. The Morgan fingerprint density at radius 2 is 2.00 bits per heavy atom. The van der Waals surface area contributed by atoms with Crippen LogP contribution in [0.25, 0.3) is 0 Å². The van der Waals surface area contributed by atoms with E-state index in [0.717, 1.165) is 27.2 Å². The lowest BCUT2D eigenvalue weighted by atomic mass is 9.96. The van der Waals surface area contributed by atoms with Crippen LogP contribution in [-0.2, 0) is 5.41 Å². The Bertz CT molecular complexity index is 634. The molecule has 1 amide bonds. The van der Waals surface area contributed by atoms with Crippen LogP contribution in [0.5, 0.6) is 0 Å². The Labute approximate surface area is 135 Å². The third-order valence-corrected chi connectivity index (χ3v) is 5.81. The van der Waals surface area contributed by atoms with E-state index in [2.05, 4.69) is 33.4 Å². The number of carbonyl (C=O) groups excluding carboxylic acids is 1. The summed E-state index contributed by atoms with van der Waals surface area (Å²) in [6.07, 6.45) is 2.22. The van der Waals surface area contributed by atoms with E-state index < -0.39 is 0 Å². The summed E-state index contributed by atoms with van der Waals surface area (Å²) in [6.45, 7) is 0.678. The van der Waals surface area contributed by atoms with E-state index >= 15 is 0 Å². The van der Waals surface area contributed by atoms with Gasteiger partial charge in [-0.2, -0.15) is 0 Å². The highest BCUT2D eigenvalue weighted by molar-refractivity contribution is 9.10. The molecule has 0 bridgehead atoms. The number of halogens is 2. The monoisotopic (exact) mass is 369 g/mol. The van der Waals surface area contributed by atoms with E-state index in [0.29, 0.717) is 6.54 Å². The molecule has 0 radical (unpaired) electrons. The molecule has 0 saturated heterocycles. The summed E-state index contributed by atoms with van der Waals surface area (Å²) >= 11 is 10.8. The van der Waals surface area contributed by atoms with Gasteiger partial charge in [-0.25, -0.2) is 0 Å². The maximum atomic E-state index is 12.1. The van der Waals surface area contributed by atoms with Gasteiger partial charge >= 0.3 is 0 Å². The van der Waals surface area contributed by atoms with Gasteiger partial charge in [-0.05, 0) is 57.9 Å². The van der Waals surface area contributed by atoms with Gasteiger partial charge in [0.1, 0.15) is 4.88 Å². The summed E-state index contributed by atoms with van der Waals surface area (Å²) in [7, 11) is 0. The maximum Gasteiger partial charge on any atom is 0.262 e. The first-order valence-electron chi connectivity index (χ1n) is 6.38. The first kappa shape index (κ1) is 14.1. The van der Waals surface area contributed by atoms with E-state index in [1.165, 1.54) is 16.9 Å². The molecule has 1 aromatic carbocycles. The molecule has 2 aromatic rings. The van der Waals surface area contributed by atoms with Gasteiger partial charge in [0.2, 0.25) is 0 Å². The quantitative estimate of drug-likeness (QED) is 0.835. The number of amides is 1. The van der Waals surface area contributed by atoms with Crippen LogP contribution in [0.4, 0.5) is 0 Å². The molecule has 1 heterocycles. The van der Waals surface area contributed by atoms with E-state index in [1.54, 1.807) is 0 Å². The van der Waals surface area contributed by atoms with Crippen LogP contribution in [0.3, 0.4) is 0 Å². The standard InChI is InChI=1S/C15H13BrClNOS/c16-12-5-8-20-13(12)14(19)18-9-15(6-7-15)10-1-3-11(17)4-2-10/h1-5,8H,6-7,9H2,(H,18,19). The predicted molar refractivity (Wildman–Crippen MR) is 86.7 cm³/mol. The van der Waals surface area contributed by atoms with Gasteiger partial charge in [-0.1, -0.05) is 23.7 Å². The summed E-state index contributed by atoms with van der Waals surface area (Å²) in [6, 6.07) is 9.83.